The summed E-state index contributed by atoms with van der Waals surface area (Å²) in [6.45, 7) is 6.83. The maximum absolute atomic E-state index is 10.8. The van der Waals surface area contributed by atoms with Gasteiger partial charge in [0.2, 0.25) is 0 Å². The maximum Gasteiger partial charge on any atom is 0.335 e. The fraction of sp³-hybridized carbons (Fsp3) is 0.353. The molecule has 21 heavy (non-hydrogen) atoms. The number of hydrogen-bond acceptors (Lipinski definition) is 3. The number of carbonyl (C=O) groups is 1. The molecule has 2 aromatic rings. The van der Waals surface area contributed by atoms with Gasteiger partial charge < -0.3 is 9.52 Å². The van der Waals surface area contributed by atoms with E-state index in [-0.39, 0.29) is 6.04 Å². The maximum atomic E-state index is 10.8. The molecule has 1 aromatic carbocycles. The minimum atomic E-state index is -0.896. The Labute approximate surface area is 125 Å². The number of aromatic carboxylic acids is 1. The van der Waals surface area contributed by atoms with Crippen molar-refractivity contribution in [3.05, 3.63) is 58.5 Å². The summed E-state index contributed by atoms with van der Waals surface area (Å²) in [5.41, 5.74) is 2.60. The normalized spacial score (nSPS) is 12.6. The molecule has 1 aromatic heterocycles. The molecule has 1 heterocycles. The van der Waals surface area contributed by atoms with E-state index in [1.807, 2.05) is 26.0 Å². The van der Waals surface area contributed by atoms with E-state index in [0.717, 1.165) is 23.6 Å². The van der Waals surface area contributed by atoms with Gasteiger partial charge in [-0.25, -0.2) is 4.79 Å². The Morgan fingerprint density at radius 1 is 1.29 bits per heavy atom. The van der Waals surface area contributed by atoms with Crippen LogP contribution in [0.15, 0.2) is 34.7 Å². The van der Waals surface area contributed by atoms with Crippen LogP contribution in [0, 0.1) is 13.8 Å². The molecule has 112 valence electrons. The minimum absolute atomic E-state index is 0.238. The lowest BCUT2D eigenvalue weighted by Gasteiger charge is -2.24. The molecule has 1 atom stereocenters. The third-order valence-electron chi connectivity index (χ3n) is 3.82. The highest BCUT2D eigenvalue weighted by Gasteiger charge is 2.17. The molecule has 2 rings (SSSR count). The zero-order chi connectivity index (χ0) is 15.6. The predicted octanol–water partition coefficient (Wildman–Crippen LogP) is 3.79. The summed E-state index contributed by atoms with van der Waals surface area (Å²) in [6.07, 6.45) is 0. The van der Waals surface area contributed by atoms with Crippen molar-refractivity contribution in [2.75, 3.05) is 7.05 Å². The van der Waals surface area contributed by atoms with Gasteiger partial charge in [0.25, 0.3) is 0 Å². The van der Waals surface area contributed by atoms with Crippen LogP contribution >= 0.6 is 0 Å². The monoisotopic (exact) mass is 287 g/mol. The Kier molecular flexibility index (Phi) is 4.48. The Balaban J connectivity index is 2.08. The lowest BCUT2D eigenvalue weighted by atomic mass is 10.1. The van der Waals surface area contributed by atoms with Gasteiger partial charge in [0.15, 0.2) is 0 Å². The van der Waals surface area contributed by atoms with Crippen LogP contribution in [0.3, 0.4) is 0 Å². The fourth-order valence-corrected chi connectivity index (χ4v) is 2.48. The summed E-state index contributed by atoms with van der Waals surface area (Å²) in [5, 5.41) is 8.91. The first-order valence-electron chi connectivity index (χ1n) is 6.98. The summed E-state index contributed by atoms with van der Waals surface area (Å²) in [5.74, 6) is 0.981. The molecule has 0 fully saturated rings. The highest BCUT2D eigenvalue weighted by molar-refractivity contribution is 5.87. The predicted molar refractivity (Wildman–Crippen MR) is 81.5 cm³/mol. The lowest BCUT2D eigenvalue weighted by molar-refractivity contribution is 0.0697. The molecule has 1 unspecified atom stereocenters. The second-order valence-electron chi connectivity index (χ2n) is 5.46. The molecule has 0 radical (unpaired) electrons. The van der Waals surface area contributed by atoms with Gasteiger partial charge in [0, 0.05) is 18.2 Å². The number of benzene rings is 1. The van der Waals surface area contributed by atoms with E-state index in [0.29, 0.717) is 5.56 Å². The topological polar surface area (TPSA) is 53.7 Å². The molecule has 1 N–H and O–H groups in total. The molecule has 0 saturated carbocycles. The van der Waals surface area contributed by atoms with Gasteiger partial charge in [-0.05, 0) is 51.6 Å². The smallest absolute Gasteiger partial charge is 0.335 e. The quantitative estimate of drug-likeness (QED) is 0.909. The minimum Gasteiger partial charge on any atom is -0.478 e. The molecular formula is C17H21NO3. The second-order valence-corrected chi connectivity index (χ2v) is 5.46. The van der Waals surface area contributed by atoms with E-state index < -0.39 is 5.97 Å². The van der Waals surface area contributed by atoms with Crippen molar-refractivity contribution in [3.8, 4) is 0 Å². The summed E-state index contributed by atoms with van der Waals surface area (Å²) >= 11 is 0. The highest BCUT2D eigenvalue weighted by atomic mass is 16.4. The molecule has 0 saturated heterocycles. The Bertz CT molecular complexity index is 628. The largest absolute Gasteiger partial charge is 0.478 e. The van der Waals surface area contributed by atoms with Crippen LogP contribution in [0.2, 0.25) is 0 Å². The first-order chi connectivity index (χ1) is 9.88. The van der Waals surface area contributed by atoms with Crippen molar-refractivity contribution in [2.24, 2.45) is 0 Å². The van der Waals surface area contributed by atoms with Crippen molar-refractivity contribution < 1.29 is 14.3 Å². The zero-order valence-electron chi connectivity index (χ0n) is 12.9. The Morgan fingerprint density at radius 2 is 1.90 bits per heavy atom. The first-order valence-corrected chi connectivity index (χ1v) is 6.98. The van der Waals surface area contributed by atoms with Crippen LogP contribution in [-0.4, -0.2) is 23.0 Å². The van der Waals surface area contributed by atoms with Crippen LogP contribution in [0.4, 0.5) is 0 Å². The van der Waals surface area contributed by atoms with Crippen molar-refractivity contribution in [1.29, 1.82) is 0 Å². The van der Waals surface area contributed by atoms with Gasteiger partial charge in [0.05, 0.1) is 5.56 Å². The molecule has 0 bridgehead atoms. The average Bonchev–Trinajstić information content (AvgIpc) is 2.77. The third kappa shape index (κ3) is 3.52. The molecule has 0 aliphatic carbocycles. The van der Waals surface area contributed by atoms with Crippen LogP contribution in [0.25, 0.3) is 0 Å². The van der Waals surface area contributed by atoms with Crippen LogP contribution in [0.5, 0.6) is 0 Å². The highest BCUT2D eigenvalue weighted by Crippen LogP contribution is 2.26. The van der Waals surface area contributed by atoms with E-state index in [1.165, 1.54) is 5.56 Å². The van der Waals surface area contributed by atoms with E-state index in [4.69, 9.17) is 9.52 Å². The van der Waals surface area contributed by atoms with Crippen molar-refractivity contribution in [2.45, 2.75) is 33.4 Å². The van der Waals surface area contributed by atoms with Crippen molar-refractivity contribution >= 4 is 5.97 Å². The van der Waals surface area contributed by atoms with Gasteiger partial charge in [0.1, 0.15) is 11.5 Å². The number of hydrogen-bond donors (Lipinski definition) is 1. The van der Waals surface area contributed by atoms with Gasteiger partial charge in [-0.2, -0.15) is 0 Å². The Hall–Kier alpha value is -2.07. The SMILES string of the molecule is Cc1cc(C(C)N(C)Cc2ccc(C(=O)O)cc2)c(C)o1. The number of nitrogens with zero attached hydrogens (tertiary/aromatic N) is 1. The van der Waals surface area contributed by atoms with E-state index in [2.05, 4.69) is 24.9 Å². The zero-order valence-corrected chi connectivity index (χ0v) is 12.9. The number of aryl methyl sites for hydroxylation is 2. The number of rotatable bonds is 5. The molecule has 0 spiro atoms. The molecule has 0 aliphatic heterocycles. The first kappa shape index (κ1) is 15.3. The van der Waals surface area contributed by atoms with Gasteiger partial charge >= 0.3 is 5.97 Å². The van der Waals surface area contributed by atoms with Crippen LogP contribution in [0.1, 0.15) is 46.0 Å². The second kappa shape index (κ2) is 6.14. The van der Waals surface area contributed by atoms with Gasteiger partial charge in [-0.1, -0.05) is 12.1 Å². The molecule has 4 heteroatoms. The lowest BCUT2D eigenvalue weighted by Crippen LogP contribution is -2.22. The standard InChI is InChI=1S/C17H21NO3/c1-11-9-16(13(3)21-11)12(2)18(4)10-14-5-7-15(8-6-14)17(19)20/h5-9,12H,10H2,1-4H3,(H,19,20). The molecule has 0 amide bonds. The fourth-order valence-electron chi connectivity index (χ4n) is 2.48. The number of carboxylic acid groups (broad SMARTS) is 1. The van der Waals surface area contributed by atoms with Crippen LogP contribution in [-0.2, 0) is 6.54 Å². The summed E-state index contributed by atoms with van der Waals surface area (Å²) in [4.78, 5) is 13.1. The third-order valence-corrected chi connectivity index (χ3v) is 3.82. The molecule has 0 aliphatic rings. The average molecular weight is 287 g/mol. The van der Waals surface area contributed by atoms with E-state index in [1.54, 1.807) is 12.1 Å². The Morgan fingerprint density at radius 3 is 2.38 bits per heavy atom. The van der Waals surface area contributed by atoms with E-state index in [9.17, 15) is 4.79 Å². The van der Waals surface area contributed by atoms with Gasteiger partial charge in [-0.15, -0.1) is 0 Å². The molecule has 4 nitrogen and oxygen atoms in total. The van der Waals surface area contributed by atoms with Crippen molar-refractivity contribution in [3.63, 3.8) is 0 Å². The number of carboxylic acids is 1. The van der Waals surface area contributed by atoms with Crippen molar-refractivity contribution in [1.82, 2.24) is 4.90 Å². The number of furan rings is 1. The van der Waals surface area contributed by atoms with E-state index >= 15 is 0 Å². The summed E-state index contributed by atoms with van der Waals surface area (Å²) in [7, 11) is 2.05. The molecular weight excluding hydrogens is 266 g/mol. The summed E-state index contributed by atoms with van der Waals surface area (Å²) in [6, 6.07) is 9.32. The van der Waals surface area contributed by atoms with Crippen LogP contribution < -0.4 is 0 Å². The van der Waals surface area contributed by atoms with Gasteiger partial charge in [-0.3, -0.25) is 4.90 Å². The summed E-state index contributed by atoms with van der Waals surface area (Å²) < 4.78 is 5.59.